The minimum absolute atomic E-state index is 0.206. The second-order valence-electron chi connectivity index (χ2n) is 8.21. The molecule has 1 fully saturated rings. The van der Waals surface area contributed by atoms with Gasteiger partial charge in [0.05, 0.1) is 5.41 Å². The Hall–Kier alpha value is -2.93. The predicted molar refractivity (Wildman–Crippen MR) is 121 cm³/mol. The van der Waals surface area contributed by atoms with Crippen molar-refractivity contribution in [2.24, 2.45) is 11.1 Å². The topological polar surface area (TPSA) is 89.4 Å². The highest BCUT2D eigenvalue weighted by Gasteiger charge is 2.43. The van der Waals surface area contributed by atoms with E-state index in [4.69, 9.17) is 10.3 Å². The Bertz CT molecular complexity index is 1060. The van der Waals surface area contributed by atoms with Gasteiger partial charge in [-0.05, 0) is 48.3 Å². The largest absolute Gasteiger partial charge is 0.369 e. The third-order valence-electron chi connectivity index (χ3n) is 5.99. The average molecular weight is 438 g/mol. The highest BCUT2D eigenvalue weighted by Crippen LogP contribution is 2.38. The number of aromatic nitrogens is 1. The summed E-state index contributed by atoms with van der Waals surface area (Å²) < 4.78 is 5.28. The first kappa shape index (κ1) is 21.3. The van der Waals surface area contributed by atoms with Gasteiger partial charge in [-0.2, -0.15) is 0 Å². The van der Waals surface area contributed by atoms with E-state index in [2.05, 4.69) is 23.4 Å². The van der Waals surface area contributed by atoms with Crippen LogP contribution in [0, 0.1) is 5.41 Å². The van der Waals surface area contributed by atoms with Crippen molar-refractivity contribution in [3.8, 4) is 10.4 Å². The number of amides is 2. The van der Waals surface area contributed by atoms with Crippen LogP contribution in [0.25, 0.3) is 10.4 Å². The number of primary amides is 1. The molecule has 0 radical (unpaired) electrons. The SMILES string of the molecule is CCCc1cc(C(=O)N2CCC[C@@](Cc3ccccc3-c3cccs3)(C(N)=O)C2)no1. The maximum absolute atomic E-state index is 13.1. The molecule has 0 saturated carbocycles. The van der Waals surface area contributed by atoms with Crippen LogP contribution in [0.15, 0.2) is 52.4 Å². The molecule has 31 heavy (non-hydrogen) atoms. The van der Waals surface area contributed by atoms with Gasteiger partial charge in [-0.3, -0.25) is 9.59 Å². The smallest absolute Gasteiger partial charge is 0.276 e. The average Bonchev–Trinajstić information content (AvgIpc) is 3.46. The first-order valence-electron chi connectivity index (χ1n) is 10.7. The van der Waals surface area contributed by atoms with Crippen LogP contribution >= 0.6 is 11.3 Å². The summed E-state index contributed by atoms with van der Waals surface area (Å²) in [6.45, 7) is 2.91. The Labute approximate surface area is 186 Å². The maximum atomic E-state index is 13.1. The fourth-order valence-electron chi connectivity index (χ4n) is 4.39. The van der Waals surface area contributed by atoms with E-state index in [9.17, 15) is 9.59 Å². The number of piperidine rings is 1. The van der Waals surface area contributed by atoms with E-state index in [0.29, 0.717) is 30.8 Å². The van der Waals surface area contributed by atoms with Gasteiger partial charge < -0.3 is 15.2 Å². The molecule has 2 N–H and O–H groups in total. The highest BCUT2D eigenvalue weighted by atomic mass is 32.1. The minimum Gasteiger partial charge on any atom is -0.369 e. The van der Waals surface area contributed by atoms with Crippen LogP contribution in [0.5, 0.6) is 0 Å². The second-order valence-corrected chi connectivity index (χ2v) is 9.16. The third-order valence-corrected chi connectivity index (χ3v) is 6.90. The Balaban J connectivity index is 1.59. The van der Waals surface area contributed by atoms with E-state index in [-0.39, 0.29) is 18.4 Å². The molecule has 3 aromatic rings. The molecule has 2 amide bonds. The van der Waals surface area contributed by atoms with Crippen LogP contribution in [0.4, 0.5) is 0 Å². The van der Waals surface area contributed by atoms with Crippen molar-refractivity contribution in [3.05, 3.63) is 64.9 Å². The van der Waals surface area contributed by atoms with Gasteiger partial charge in [0, 0.05) is 30.5 Å². The summed E-state index contributed by atoms with van der Waals surface area (Å²) in [4.78, 5) is 28.7. The van der Waals surface area contributed by atoms with Crippen LogP contribution in [-0.2, 0) is 17.6 Å². The molecule has 1 atom stereocenters. The number of carbonyl (C=O) groups is 2. The van der Waals surface area contributed by atoms with E-state index in [1.165, 1.54) is 0 Å². The summed E-state index contributed by atoms with van der Waals surface area (Å²) in [7, 11) is 0. The van der Waals surface area contributed by atoms with Crippen LogP contribution < -0.4 is 5.73 Å². The maximum Gasteiger partial charge on any atom is 0.276 e. The Morgan fingerprint density at radius 2 is 2.10 bits per heavy atom. The Kier molecular flexibility index (Phi) is 6.23. The van der Waals surface area contributed by atoms with Crippen molar-refractivity contribution in [2.45, 2.75) is 39.0 Å². The first-order valence-corrected chi connectivity index (χ1v) is 11.6. The number of nitrogens with zero attached hydrogens (tertiary/aromatic N) is 2. The molecule has 4 rings (SSSR count). The lowest BCUT2D eigenvalue weighted by molar-refractivity contribution is -0.130. The summed E-state index contributed by atoms with van der Waals surface area (Å²) in [5.74, 6) is 0.134. The Morgan fingerprint density at radius 1 is 1.26 bits per heavy atom. The molecular weight excluding hydrogens is 410 g/mol. The molecule has 0 bridgehead atoms. The molecule has 1 saturated heterocycles. The lowest BCUT2D eigenvalue weighted by atomic mass is 9.73. The van der Waals surface area contributed by atoms with Gasteiger partial charge in [-0.25, -0.2) is 0 Å². The molecular formula is C24H27N3O3S. The standard InChI is InChI=1S/C24H27N3O3S/c1-2-7-18-14-20(26-30-18)22(28)27-12-6-11-24(16-27,23(25)29)15-17-8-3-4-9-19(17)21-10-5-13-31-21/h3-5,8-10,13-14H,2,6-7,11-12,15-16H2,1H3,(H2,25,29)/t24-/m0/s1. The van der Waals surface area contributed by atoms with Gasteiger partial charge >= 0.3 is 0 Å². The summed E-state index contributed by atoms with van der Waals surface area (Å²) in [6, 6.07) is 13.9. The van der Waals surface area contributed by atoms with Crippen LogP contribution in [0.3, 0.4) is 0 Å². The number of benzene rings is 1. The Morgan fingerprint density at radius 3 is 2.84 bits per heavy atom. The quantitative estimate of drug-likeness (QED) is 0.597. The molecule has 3 heterocycles. The van der Waals surface area contributed by atoms with Crippen molar-refractivity contribution in [3.63, 3.8) is 0 Å². The highest BCUT2D eigenvalue weighted by molar-refractivity contribution is 7.13. The van der Waals surface area contributed by atoms with Crippen molar-refractivity contribution < 1.29 is 14.1 Å². The zero-order chi connectivity index (χ0) is 21.8. The third kappa shape index (κ3) is 4.42. The zero-order valence-corrected chi connectivity index (χ0v) is 18.5. The predicted octanol–water partition coefficient (Wildman–Crippen LogP) is 4.31. The fourth-order valence-corrected chi connectivity index (χ4v) is 5.18. The monoisotopic (exact) mass is 437 g/mol. The van der Waals surface area contributed by atoms with Crippen molar-refractivity contribution in [1.29, 1.82) is 0 Å². The van der Waals surface area contributed by atoms with Gasteiger partial charge in [0.25, 0.3) is 5.91 Å². The lowest BCUT2D eigenvalue weighted by Crippen LogP contribution is -2.53. The molecule has 1 aromatic carbocycles. The fraction of sp³-hybridized carbons (Fsp3) is 0.375. The van der Waals surface area contributed by atoms with Crippen molar-refractivity contribution in [1.82, 2.24) is 10.1 Å². The molecule has 1 aliphatic rings. The number of hydrogen-bond donors (Lipinski definition) is 1. The molecule has 162 valence electrons. The molecule has 2 aromatic heterocycles. The molecule has 0 unspecified atom stereocenters. The van der Waals surface area contributed by atoms with E-state index < -0.39 is 5.41 Å². The number of nitrogens with two attached hydrogens (primary N) is 1. The number of carbonyl (C=O) groups excluding carboxylic acids is 2. The second kappa shape index (κ2) is 9.06. The van der Waals surface area contributed by atoms with Crippen LogP contribution in [-0.4, -0.2) is 35.0 Å². The van der Waals surface area contributed by atoms with E-state index in [0.717, 1.165) is 35.3 Å². The summed E-state index contributed by atoms with van der Waals surface area (Å²) in [5.41, 5.74) is 7.63. The summed E-state index contributed by atoms with van der Waals surface area (Å²) in [5, 5.41) is 6.00. The molecule has 0 spiro atoms. The van der Waals surface area contributed by atoms with Gasteiger partial charge in [0.1, 0.15) is 5.76 Å². The van der Waals surface area contributed by atoms with Gasteiger partial charge in [-0.15, -0.1) is 11.3 Å². The molecule has 6 nitrogen and oxygen atoms in total. The van der Waals surface area contributed by atoms with E-state index in [1.54, 1.807) is 22.3 Å². The number of hydrogen-bond acceptors (Lipinski definition) is 5. The van der Waals surface area contributed by atoms with Gasteiger partial charge in [0.2, 0.25) is 5.91 Å². The molecule has 1 aliphatic heterocycles. The minimum atomic E-state index is -0.808. The first-order chi connectivity index (χ1) is 15.0. The van der Waals surface area contributed by atoms with Crippen molar-refractivity contribution in [2.75, 3.05) is 13.1 Å². The molecule has 0 aliphatic carbocycles. The summed E-state index contributed by atoms with van der Waals surface area (Å²) in [6.07, 6.45) is 3.53. The zero-order valence-electron chi connectivity index (χ0n) is 17.7. The van der Waals surface area contributed by atoms with Gasteiger partial charge in [-0.1, -0.05) is 42.4 Å². The van der Waals surface area contributed by atoms with E-state index in [1.807, 2.05) is 30.5 Å². The number of aryl methyl sites for hydroxylation is 1. The normalized spacial score (nSPS) is 18.8. The number of thiophene rings is 1. The van der Waals surface area contributed by atoms with E-state index >= 15 is 0 Å². The van der Waals surface area contributed by atoms with Gasteiger partial charge in [0.15, 0.2) is 5.69 Å². The number of rotatable bonds is 7. The molecule has 7 heteroatoms. The lowest BCUT2D eigenvalue weighted by Gasteiger charge is -2.41. The summed E-state index contributed by atoms with van der Waals surface area (Å²) >= 11 is 1.67. The van der Waals surface area contributed by atoms with Crippen molar-refractivity contribution >= 4 is 23.2 Å². The van der Waals surface area contributed by atoms with Crippen LogP contribution in [0.2, 0.25) is 0 Å². The van der Waals surface area contributed by atoms with Crippen LogP contribution in [0.1, 0.15) is 48.0 Å². The number of likely N-dealkylation sites (tertiary alicyclic amines) is 1.